The number of aryl methyl sites for hydroxylation is 2. The summed E-state index contributed by atoms with van der Waals surface area (Å²) in [6.07, 6.45) is 0. The summed E-state index contributed by atoms with van der Waals surface area (Å²) >= 11 is 1.79. The maximum Gasteiger partial charge on any atom is 0.135 e. The van der Waals surface area contributed by atoms with Gasteiger partial charge < -0.3 is 8.83 Å². The van der Waals surface area contributed by atoms with Crippen molar-refractivity contribution in [3.63, 3.8) is 0 Å². The molecule has 5 aromatic rings. The SMILES string of the molecule is Cc1cc2cc3c(cc2o1)sc1cc2oc(C)cc2cc13. The third-order valence-electron chi connectivity index (χ3n) is 3.99. The minimum Gasteiger partial charge on any atom is -0.461 e. The van der Waals surface area contributed by atoms with Gasteiger partial charge in [-0.3, -0.25) is 0 Å². The lowest BCUT2D eigenvalue weighted by atomic mass is 10.1. The highest BCUT2D eigenvalue weighted by molar-refractivity contribution is 7.26. The van der Waals surface area contributed by atoms with Crippen LogP contribution in [0, 0.1) is 13.8 Å². The van der Waals surface area contributed by atoms with Crippen LogP contribution in [0.4, 0.5) is 0 Å². The standard InChI is InChI=1S/C18H12O2S/c1-9-3-11-5-13-14-6-12-4-10(2)20-16(12)8-18(14)21-17(13)7-15(11)19-9/h3-8H,1-2H3. The number of rotatable bonds is 0. The first-order valence-electron chi connectivity index (χ1n) is 6.94. The van der Waals surface area contributed by atoms with E-state index < -0.39 is 0 Å². The molecule has 0 unspecified atom stereocenters. The van der Waals surface area contributed by atoms with Crippen LogP contribution >= 0.6 is 11.3 Å². The largest absolute Gasteiger partial charge is 0.461 e. The molecule has 21 heavy (non-hydrogen) atoms. The third kappa shape index (κ3) is 1.52. The van der Waals surface area contributed by atoms with Crippen LogP contribution < -0.4 is 0 Å². The van der Waals surface area contributed by atoms with E-state index in [2.05, 4.69) is 36.4 Å². The first-order valence-corrected chi connectivity index (χ1v) is 7.76. The van der Waals surface area contributed by atoms with Crippen molar-refractivity contribution in [1.29, 1.82) is 0 Å². The van der Waals surface area contributed by atoms with Crippen LogP contribution in [-0.4, -0.2) is 0 Å². The molecular weight excluding hydrogens is 280 g/mol. The van der Waals surface area contributed by atoms with E-state index in [0.717, 1.165) is 22.7 Å². The van der Waals surface area contributed by atoms with Gasteiger partial charge in [0.1, 0.15) is 22.7 Å². The number of hydrogen-bond donors (Lipinski definition) is 0. The molecule has 0 saturated carbocycles. The molecule has 0 aliphatic rings. The Labute approximate surface area is 124 Å². The van der Waals surface area contributed by atoms with Gasteiger partial charge in [-0.1, -0.05) is 0 Å². The highest BCUT2D eigenvalue weighted by Crippen LogP contribution is 2.39. The van der Waals surface area contributed by atoms with E-state index >= 15 is 0 Å². The normalized spacial score (nSPS) is 12.3. The highest BCUT2D eigenvalue weighted by Gasteiger charge is 2.11. The summed E-state index contributed by atoms with van der Waals surface area (Å²) < 4.78 is 14.0. The topological polar surface area (TPSA) is 26.3 Å². The molecular formula is C18H12O2S. The molecule has 0 N–H and O–H groups in total. The molecule has 2 aromatic carbocycles. The molecule has 0 aliphatic carbocycles. The van der Waals surface area contributed by atoms with Gasteiger partial charge in [0.2, 0.25) is 0 Å². The number of furan rings is 2. The summed E-state index contributed by atoms with van der Waals surface area (Å²) in [6.45, 7) is 3.98. The van der Waals surface area contributed by atoms with E-state index in [9.17, 15) is 0 Å². The van der Waals surface area contributed by atoms with E-state index in [0.29, 0.717) is 0 Å². The summed E-state index contributed by atoms with van der Waals surface area (Å²) in [5.74, 6) is 1.92. The van der Waals surface area contributed by atoms with Crippen LogP contribution in [0.15, 0.2) is 45.2 Å². The van der Waals surface area contributed by atoms with Crippen molar-refractivity contribution in [2.45, 2.75) is 13.8 Å². The lowest BCUT2D eigenvalue weighted by Crippen LogP contribution is -1.68. The van der Waals surface area contributed by atoms with Crippen LogP contribution in [0.25, 0.3) is 42.1 Å². The second kappa shape index (κ2) is 3.68. The van der Waals surface area contributed by atoms with Crippen molar-refractivity contribution in [1.82, 2.24) is 0 Å². The van der Waals surface area contributed by atoms with Crippen molar-refractivity contribution in [2.75, 3.05) is 0 Å². The van der Waals surface area contributed by atoms with E-state index in [-0.39, 0.29) is 0 Å². The van der Waals surface area contributed by atoms with Gasteiger partial charge in [-0.05, 0) is 50.2 Å². The van der Waals surface area contributed by atoms with Crippen LogP contribution in [0.5, 0.6) is 0 Å². The fourth-order valence-electron chi connectivity index (χ4n) is 3.11. The van der Waals surface area contributed by atoms with Crippen LogP contribution in [0.2, 0.25) is 0 Å². The number of benzene rings is 2. The maximum absolute atomic E-state index is 5.74. The average Bonchev–Trinajstić information content (AvgIpc) is 3.05. The molecule has 3 heterocycles. The summed E-state index contributed by atoms with van der Waals surface area (Å²) in [5, 5.41) is 4.93. The van der Waals surface area contributed by atoms with Gasteiger partial charge in [0.25, 0.3) is 0 Å². The minimum atomic E-state index is 0.958. The van der Waals surface area contributed by atoms with Gasteiger partial charge in [0.05, 0.1) is 0 Å². The Morgan fingerprint density at radius 1 is 0.667 bits per heavy atom. The fourth-order valence-corrected chi connectivity index (χ4v) is 4.24. The molecule has 0 radical (unpaired) electrons. The fraction of sp³-hybridized carbons (Fsp3) is 0.111. The van der Waals surface area contributed by atoms with Crippen LogP contribution in [-0.2, 0) is 0 Å². The Hall–Kier alpha value is -2.26. The Morgan fingerprint density at radius 2 is 1.14 bits per heavy atom. The van der Waals surface area contributed by atoms with Crippen molar-refractivity contribution in [3.05, 3.63) is 47.9 Å². The summed E-state index contributed by atoms with van der Waals surface area (Å²) in [4.78, 5) is 0. The quantitative estimate of drug-likeness (QED) is 0.341. The Morgan fingerprint density at radius 3 is 1.62 bits per heavy atom. The first kappa shape index (κ1) is 11.4. The molecule has 3 heteroatoms. The number of fused-ring (bicyclic) bond motifs is 5. The summed E-state index contributed by atoms with van der Waals surface area (Å²) in [6, 6.07) is 13.0. The predicted molar refractivity (Wildman–Crippen MR) is 88.3 cm³/mol. The molecule has 0 atom stereocenters. The first-order chi connectivity index (χ1) is 10.2. The molecule has 0 bridgehead atoms. The van der Waals surface area contributed by atoms with E-state index in [4.69, 9.17) is 8.83 Å². The minimum absolute atomic E-state index is 0.958. The second-order valence-corrected chi connectivity index (χ2v) is 6.67. The number of hydrogen-bond acceptors (Lipinski definition) is 3. The van der Waals surface area contributed by atoms with Crippen molar-refractivity contribution in [2.24, 2.45) is 0 Å². The monoisotopic (exact) mass is 292 g/mol. The molecule has 0 amide bonds. The molecule has 3 aromatic heterocycles. The Balaban J connectivity index is 1.97. The van der Waals surface area contributed by atoms with Crippen molar-refractivity contribution >= 4 is 53.4 Å². The summed E-state index contributed by atoms with van der Waals surface area (Å²) in [7, 11) is 0. The van der Waals surface area contributed by atoms with E-state index in [1.54, 1.807) is 11.3 Å². The van der Waals surface area contributed by atoms with Gasteiger partial charge in [-0.25, -0.2) is 0 Å². The molecule has 5 rings (SSSR count). The lowest BCUT2D eigenvalue weighted by molar-refractivity contribution is 0.578. The van der Waals surface area contributed by atoms with Crippen LogP contribution in [0.1, 0.15) is 11.5 Å². The smallest absolute Gasteiger partial charge is 0.135 e. The van der Waals surface area contributed by atoms with Gasteiger partial charge in [0, 0.05) is 30.9 Å². The Kier molecular flexibility index (Phi) is 2.00. The van der Waals surface area contributed by atoms with Crippen molar-refractivity contribution in [3.8, 4) is 0 Å². The van der Waals surface area contributed by atoms with Gasteiger partial charge in [-0.2, -0.15) is 0 Å². The lowest BCUT2D eigenvalue weighted by Gasteiger charge is -1.93. The third-order valence-corrected chi connectivity index (χ3v) is 5.11. The molecule has 0 spiro atoms. The second-order valence-electron chi connectivity index (χ2n) is 5.59. The van der Waals surface area contributed by atoms with E-state index in [1.807, 2.05) is 13.8 Å². The Bertz CT molecular complexity index is 1060. The van der Waals surface area contributed by atoms with Crippen molar-refractivity contribution < 1.29 is 8.83 Å². The highest BCUT2D eigenvalue weighted by atomic mass is 32.1. The zero-order valence-electron chi connectivity index (χ0n) is 11.7. The van der Waals surface area contributed by atoms with Crippen LogP contribution in [0.3, 0.4) is 0 Å². The average molecular weight is 292 g/mol. The maximum atomic E-state index is 5.74. The van der Waals surface area contributed by atoms with E-state index in [1.165, 1.54) is 30.9 Å². The van der Waals surface area contributed by atoms with Gasteiger partial charge >= 0.3 is 0 Å². The zero-order chi connectivity index (χ0) is 14.1. The van der Waals surface area contributed by atoms with Gasteiger partial charge in [-0.15, -0.1) is 11.3 Å². The molecule has 0 fully saturated rings. The molecule has 102 valence electrons. The molecule has 0 aliphatic heterocycles. The number of thiophene rings is 1. The zero-order valence-corrected chi connectivity index (χ0v) is 12.5. The summed E-state index contributed by atoms with van der Waals surface area (Å²) in [5.41, 5.74) is 1.93. The van der Waals surface area contributed by atoms with Gasteiger partial charge in [0.15, 0.2) is 0 Å². The predicted octanol–water partition coefficient (Wildman–Crippen LogP) is 6.16. The molecule has 0 saturated heterocycles. The molecule has 2 nitrogen and oxygen atoms in total.